The van der Waals surface area contributed by atoms with Crippen LogP contribution in [0.15, 0.2) is 164 Å². The fourth-order valence-corrected chi connectivity index (χ4v) is 7.72. The highest BCUT2D eigenvalue weighted by Crippen LogP contribution is 2.41. The zero-order chi connectivity index (χ0) is 37.0. The van der Waals surface area contributed by atoms with Crippen molar-refractivity contribution in [2.75, 3.05) is 6.61 Å². The molecule has 1 saturated heterocycles. The third kappa shape index (κ3) is 6.49. The quantitative estimate of drug-likeness (QED) is 0.142. The first-order valence-electron chi connectivity index (χ1n) is 18.7. The summed E-state index contributed by atoms with van der Waals surface area (Å²) >= 11 is 0. The third-order valence-corrected chi connectivity index (χ3v) is 10.4. The lowest BCUT2D eigenvalue weighted by atomic mass is 9.77. The van der Waals surface area contributed by atoms with E-state index in [0.717, 1.165) is 69.2 Å². The van der Waals surface area contributed by atoms with Crippen molar-refractivity contribution in [3.8, 4) is 22.6 Å². The number of hydrogen-bond donors (Lipinski definition) is 1. The average Bonchev–Trinajstić information content (AvgIpc) is 3.91. The highest BCUT2D eigenvalue weighted by atomic mass is 16.5. The Hall–Kier alpha value is -6.71. The van der Waals surface area contributed by atoms with E-state index in [-0.39, 0.29) is 12.1 Å². The maximum Gasteiger partial charge on any atom is 0.251 e. The van der Waals surface area contributed by atoms with E-state index in [4.69, 9.17) is 19.9 Å². The number of amides is 1. The summed E-state index contributed by atoms with van der Waals surface area (Å²) in [4.78, 5) is 22.5. The van der Waals surface area contributed by atoms with Crippen LogP contribution in [0.4, 0.5) is 0 Å². The van der Waals surface area contributed by atoms with Crippen LogP contribution < -0.4 is 5.32 Å². The van der Waals surface area contributed by atoms with Crippen LogP contribution in [0.1, 0.15) is 58.1 Å². The van der Waals surface area contributed by atoms with Crippen molar-refractivity contribution in [3.05, 3.63) is 192 Å². The van der Waals surface area contributed by atoms with Gasteiger partial charge in [0.15, 0.2) is 12.1 Å². The summed E-state index contributed by atoms with van der Waals surface area (Å²) in [7, 11) is 0. The van der Waals surface area contributed by atoms with Crippen LogP contribution in [-0.2, 0) is 16.8 Å². The molecular weight excluding hydrogens is 683 g/mol. The Morgan fingerprint density at radius 1 is 0.745 bits per heavy atom. The highest BCUT2D eigenvalue weighted by molar-refractivity contribution is 5.99. The van der Waals surface area contributed by atoms with E-state index in [9.17, 15) is 4.79 Å². The number of rotatable bonds is 10. The Kier molecular flexibility index (Phi) is 9.27. The molecule has 55 heavy (non-hydrogen) atoms. The minimum Gasteiger partial charge on any atom is -0.356 e. The molecule has 0 radical (unpaired) electrons. The topological polar surface area (TPSA) is 99.8 Å². The fourth-order valence-electron chi connectivity index (χ4n) is 7.72. The number of ether oxygens (including phenoxy) is 1. The van der Waals surface area contributed by atoms with Crippen molar-refractivity contribution < 1.29 is 9.53 Å². The lowest BCUT2D eigenvalue weighted by Crippen LogP contribution is -2.38. The predicted molar refractivity (Wildman–Crippen MR) is 213 cm³/mol. The summed E-state index contributed by atoms with van der Waals surface area (Å²) in [5, 5.41) is 14.4. The number of nitrogens with one attached hydrogen (secondary N) is 1. The zero-order valence-electron chi connectivity index (χ0n) is 30.2. The standard InChI is InChI=1S/C46H39N7O2/c54-45(48-31-33-14-13-26-47-30-33)36-16-12-15-34(28-36)43-40-29-35(24-25-41(40)53(50-43)42-23-10-11-27-55-42)44-49-32-52(51-44)46(37-17-4-1-5-18-37,38-19-6-2-7-20-38)39-21-8-3-9-22-39/h1-9,12-22,24-26,28-30,32,42H,10-11,23,27,31H2,(H,48,54). The normalized spacial score (nSPS) is 14.5. The average molecular weight is 722 g/mol. The van der Waals surface area contributed by atoms with Gasteiger partial charge in [-0.2, -0.15) is 5.10 Å². The van der Waals surface area contributed by atoms with Gasteiger partial charge in [-0.25, -0.2) is 14.3 Å². The predicted octanol–water partition coefficient (Wildman–Crippen LogP) is 8.83. The largest absolute Gasteiger partial charge is 0.356 e. The van der Waals surface area contributed by atoms with Gasteiger partial charge in [-0.05, 0) is 77.9 Å². The molecule has 0 bridgehead atoms. The fraction of sp³-hybridized carbons (Fsp3) is 0.152. The van der Waals surface area contributed by atoms with Gasteiger partial charge in [-0.3, -0.25) is 9.78 Å². The van der Waals surface area contributed by atoms with Gasteiger partial charge in [0.2, 0.25) is 0 Å². The molecule has 1 fully saturated rings. The van der Waals surface area contributed by atoms with Crippen LogP contribution in [0, 0.1) is 0 Å². The van der Waals surface area contributed by atoms with Crippen molar-refractivity contribution in [1.29, 1.82) is 0 Å². The van der Waals surface area contributed by atoms with E-state index in [1.54, 1.807) is 12.4 Å². The summed E-state index contributed by atoms with van der Waals surface area (Å²) in [6.07, 6.45) is 8.11. The smallest absolute Gasteiger partial charge is 0.251 e. The number of nitrogens with zero attached hydrogens (tertiary/aromatic N) is 6. The molecule has 9 nitrogen and oxygen atoms in total. The van der Waals surface area contributed by atoms with E-state index < -0.39 is 5.54 Å². The summed E-state index contributed by atoms with van der Waals surface area (Å²) in [6.45, 7) is 1.08. The van der Waals surface area contributed by atoms with Crippen LogP contribution in [0.2, 0.25) is 0 Å². The number of aromatic nitrogens is 6. The molecule has 8 aromatic rings. The van der Waals surface area contributed by atoms with Gasteiger partial charge in [0.25, 0.3) is 5.91 Å². The van der Waals surface area contributed by atoms with Gasteiger partial charge in [0.05, 0.1) is 5.52 Å². The second kappa shape index (κ2) is 15.0. The molecule has 9 rings (SSSR count). The number of benzene rings is 5. The summed E-state index contributed by atoms with van der Waals surface area (Å²) in [6, 6.07) is 49.1. The van der Waals surface area contributed by atoms with Crippen LogP contribution >= 0.6 is 0 Å². The Morgan fingerprint density at radius 3 is 2.13 bits per heavy atom. The van der Waals surface area contributed by atoms with Crippen molar-refractivity contribution in [3.63, 3.8) is 0 Å². The van der Waals surface area contributed by atoms with Crippen LogP contribution in [-0.4, -0.2) is 42.0 Å². The molecule has 3 aromatic heterocycles. The first kappa shape index (κ1) is 34.1. The number of carbonyl (C=O) groups excluding carboxylic acids is 1. The van der Waals surface area contributed by atoms with Crippen LogP contribution in [0.25, 0.3) is 33.5 Å². The zero-order valence-corrected chi connectivity index (χ0v) is 30.2. The first-order valence-corrected chi connectivity index (χ1v) is 18.7. The lowest BCUT2D eigenvalue weighted by molar-refractivity contribution is -0.0365. The maximum absolute atomic E-state index is 13.4. The molecule has 1 aliphatic rings. The number of carbonyl (C=O) groups is 1. The number of fused-ring (bicyclic) bond motifs is 1. The van der Waals surface area contributed by atoms with Crippen molar-refractivity contribution in [1.82, 2.24) is 34.8 Å². The summed E-state index contributed by atoms with van der Waals surface area (Å²) in [5.74, 6) is 0.421. The van der Waals surface area contributed by atoms with Gasteiger partial charge < -0.3 is 10.1 Å². The molecule has 1 amide bonds. The molecule has 9 heteroatoms. The number of pyridine rings is 1. The minimum atomic E-state index is -0.786. The monoisotopic (exact) mass is 721 g/mol. The molecule has 270 valence electrons. The first-order chi connectivity index (χ1) is 27.2. The van der Waals surface area contributed by atoms with Crippen molar-refractivity contribution in [2.24, 2.45) is 0 Å². The van der Waals surface area contributed by atoms with E-state index in [1.165, 1.54) is 0 Å². The molecule has 0 saturated carbocycles. The Bertz CT molecular complexity index is 2450. The molecular formula is C46H39N7O2. The lowest BCUT2D eigenvalue weighted by Gasteiger charge is -2.35. The molecule has 1 N–H and O–H groups in total. The maximum atomic E-state index is 13.4. The van der Waals surface area contributed by atoms with E-state index >= 15 is 0 Å². The second-order valence-electron chi connectivity index (χ2n) is 13.8. The van der Waals surface area contributed by atoms with Gasteiger partial charge in [-0.1, -0.05) is 109 Å². The van der Waals surface area contributed by atoms with E-state index in [2.05, 4.69) is 101 Å². The molecule has 1 unspecified atom stereocenters. The SMILES string of the molecule is O=C(NCc1cccnc1)c1cccc(-c2nn(C3CCCCO3)c3ccc(-c4ncn(C(c5ccccc5)(c5ccccc5)c5ccccc5)n4)cc23)c1. The van der Waals surface area contributed by atoms with Gasteiger partial charge in [0, 0.05) is 47.6 Å². The van der Waals surface area contributed by atoms with Gasteiger partial charge >= 0.3 is 0 Å². The van der Waals surface area contributed by atoms with Gasteiger partial charge in [0.1, 0.15) is 17.6 Å². The molecule has 0 aliphatic carbocycles. The third-order valence-electron chi connectivity index (χ3n) is 10.4. The molecule has 1 aliphatic heterocycles. The minimum absolute atomic E-state index is 0.167. The summed E-state index contributed by atoms with van der Waals surface area (Å²) in [5.41, 5.74) is 7.30. The Balaban J connectivity index is 1.15. The number of hydrogen-bond acceptors (Lipinski definition) is 6. The molecule has 4 heterocycles. The molecule has 0 spiro atoms. The molecule has 5 aromatic carbocycles. The Labute approximate surface area is 319 Å². The van der Waals surface area contributed by atoms with Gasteiger partial charge in [-0.15, -0.1) is 5.10 Å². The second-order valence-corrected chi connectivity index (χ2v) is 13.8. The summed E-state index contributed by atoms with van der Waals surface area (Å²) < 4.78 is 10.2. The molecule has 1 atom stereocenters. The van der Waals surface area contributed by atoms with Crippen LogP contribution in [0.3, 0.4) is 0 Å². The van der Waals surface area contributed by atoms with E-state index in [0.29, 0.717) is 24.5 Å². The van der Waals surface area contributed by atoms with E-state index in [1.807, 2.05) is 70.3 Å². The highest BCUT2D eigenvalue weighted by Gasteiger charge is 2.39. The van der Waals surface area contributed by atoms with Crippen molar-refractivity contribution in [2.45, 2.75) is 37.6 Å². The Morgan fingerprint density at radius 2 is 1.47 bits per heavy atom. The van der Waals surface area contributed by atoms with Crippen LogP contribution in [0.5, 0.6) is 0 Å². The van der Waals surface area contributed by atoms with Crippen molar-refractivity contribution >= 4 is 16.8 Å².